The summed E-state index contributed by atoms with van der Waals surface area (Å²) >= 11 is 1.55. The Morgan fingerprint density at radius 1 is 1.00 bits per heavy atom. The molecule has 22 heavy (non-hydrogen) atoms. The summed E-state index contributed by atoms with van der Waals surface area (Å²) in [6, 6.07) is 11.8. The Morgan fingerprint density at radius 3 is 2.14 bits per heavy atom. The van der Waals surface area contributed by atoms with Gasteiger partial charge in [-0.1, -0.05) is 29.5 Å². The topological polar surface area (TPSA) is 35.5 Å². The predicted molar refractivity (Wildman–Crippen MR) is 89.5 cm³/mol. The minimum absolute atomic E-state index is 0.531. The molecule has 0 N–H and O–H groups in total. The Balaban J connectivity index is 2.38. The van der Waals surface area contributed by atoms with Crippen LogP contribution in [0, 0.1) is 6.92 Å². The summed E-state index contributed by atoms with van der Waals surface area (Å²) in [7, 11) is 0. The molecule has 4 heteroatoms. The summed E-state index contributed by atoms with van der Waals surface area (Å²) in [4.78, 5) is 13.3. The van der Waals surface area contributed by atoms with E-state index in [1.807, 2.05) is 32.0 Å². The third kappa shape index (κ3) is 4.04. The van der Waals surface area contributed by atoms with Crippen molar-refractivity contribution < 1.29 is 14.3 Å². The molecule has 0 saturated heterocycles. The minimum atomic E-state index is 0.531. The largest absolute Gasteiger partial charge is 0.490 e. The minimum Gasteiger partial charge on any atom is -0.490 e. The van der Waals surface area contributed by atoms with Gasteiger partial charge >= 0.3 is 0 Å². The van der Waals surface area contributed by atoms with E-state index >= 15 is 0 Å². The van der Waals surface area contributed by atoms with Gasteiger partial charge in [0, 0.05) is 15.4 Å². The number of carbonyl (C=O) groups excluding carboxylic acids is 1. The van der Waals surface area contributed by atoms with Gasteiger partial charge in [0.2, 0.25) is 0 Å². The van der Waals surface area contributed by atoms with Gasteiger partial charge in [-0.05, 0) is 45.0 Å². The number of aldehydes is 1. The second-order valence-electron chi connectivity index (χ2n) is 4.74. The SMILES string of the molecule is CCOc1cc(C=O)c(Sc2ccc(C)cc2)cc1OCC. The van der Waals surface area contributed by atoms with Crippen LogP contribution in [0.2, 0.25) is 0 Å². The highest BCUT2D eigenvalue weighted by atomic mass is 32.2. The third-order valence-electron chi connectivity index (χ3n) is 3.05. The van der Waals surface area contributed by atoms with Crippen LogP contribution in [-0.2, 0) is 0 Å². The van der Waals surface area contributed by atoms with Gasteiger partial charge in [-0.2, -0.15) is 0 Å². The molecule has 0 fully saturated rings. The van der Waals surface area contributed by atoms with E-state index in [0.717, 1.165) is 16.1 Å². The molecule has 0 atom stereocenters. The zero-order valence-electron chi connectivity index (χ0n) is 13.1. The average molecular weight is 316 g/mol. The summed E-state index contributed by atoms with van der Waals surface area (Å²) in [6.45, 7) is 6.97. The fourth-order valence-corrected chi connectivity index (χ4v) is 2.92. The fourth-order valence-electron chi connectivity index (χ4n) is 2.01. The lowest BCUT2D eigenvalue weighted by Gasteiger charge is -2.14. The first-order valence-electron chi connectivity index (χ1n) is 7.31. The molecule has 0 spiro atoms. The van der Waals surface area contributed by atoms with Crippen LogP contribution in [0.25, 0.3) is 0 Å². The predicted octanol–water partition coefficient (Wildman–Crippen LogP) is 4.76. The first-order valence-corrected chi connectivity index (χ1v) is 8.13. The molecule has 0 aliphatic heterocycles. The number of hydrogen-bond acceptors (Lipinski definition) is 4. The first-order chi connectivity index (χ1) is 10.7. The Bertz CT molecular complexity index is 636. The zero-order chi connectivity index (χ0) is 15.9. The van der Waals surface area contributed by atoms with Crippen molar-refractivity contribution >= 4 is 18.0 Å². The molecular weight excluding hydrogens is 296 g/mol. The standard InChI is InChI=1S/C18H20O3S/c1-4-20-16-10-14(12-19)18(11-17(16)21-5-2)22-15-8-6-13(3)7-9-15/h6-12H,4-5H2,1-3H3. The number of aryl methyl sites for hydroxylation is 1. The van der Waals surface area contributed by atoms with E-state index in [2.05, 4.69) is 19.1 Å². The lowest BCUT2D eigenvalue weighted by atomic mass is 10.2. The summed E-state index contributed by atoms with van der Waals surface area (Å²) < 4.78 is 11.2. The molecule has 0 aromatic heterocycles. The van der Waals surface area contributed by atoms with Crippen LogP contribution in [0.5, 0.6) is 11.5 Å². The number of ether oxygens (including phenoxy) is 2. The van der Waals surface area contributed by atoms with Crippen LogP contribution < -0.4 is 9.47 Å². The van der Waals surface area contributed by atoms with Crippen molar-refractivity contribution in [1.29, 1.82) is 0 Å². The van der Waals surface area contributed by atoms with Crippen LogP contribution in [-0.4, -0.2) is 19.5 Å². The van der Waals surface area contributed by atoms with E-state index in [0.29, 0.717) is 30.3 Å². The summed E-state index contributed by atoms with van der Waals surface area (Å²) in [5.74, 6) is 1.28. The van der Waals surface area contributed by atoms with Crippen molar-refractivity contribution in [3.63, 3.8) is 0 Å². The number of benzene rings is 2. The van der Waals surface area contributed by atoms with Crippen molar-refractivity contribution in [1.82, 2.24) is 0 Å². The fraction of sp³-hybridized carbons (Fsp3) is 0.278. The van der Waals surface area contributed by atoms with Crippen molar-refractivity contribution in [2.45, 2.75) is 30.6 Å². The van der Waals surface area contributed by atoms with Gasteiger partial charge in [0.05, 0.1) is 13.2 Å². The number of rotatable bonds is 7. The smallest absolute Gasteiger partial charge is 0.162 e. The summed E-state index contributed by atoms with van der Waals surface area (Å²) in [6.07, 6.45) is 0.856. The monoisotopic (exact) mass is 316 g/mol. The van der Waals surface area contributed by atoms with E-state index < -0.39 is 0 Å². The van der Waals surface area contributed by atoms with Crippen molar-refractivity contribution in [2.75, 3.05) is 13.2 Å². The summed E-state index contributed by atoms with van der Waals surface area (Å²) in [5.41, 5.74) is 1.82. The van der Waals surface area contributed by atoms with Crippen LogP contribution in [0.15, 0.2) is 46.2 Å². The second-order valence-corrected chi connectivity index (χ2v) is 5.85. The molecule has 2 aromatic carbocycles. The molecule has 0 amide bonds. The van der Waals surface area contributed by atoms with Crippen LogP contribution >= 0.6 is 11.8 Å². The highest BCUT2D eigenvalue weighted by Gasteiger charge is 2.13. The highest BCUT2D eigenvalue weighted by molar-refractivity contribution is 7.99. The van der Waals surface area contributed by atoms with Crippen molar-refractivity contribution in [3.8, 4) is 11.5 Å². The zero-order valence-corrected chi connectivity index (χ0v) is 13.9. The maximum atomic E-state index is 11.4. The quantitative estimate of drug-likeness (QED) is 0.690. The molecule has 0 radical (unpaired) electrons. The van der Waals surface area contributed by atoms with E-state index in [1.54, 1.807) is 17.8 Å². The van der Waals surface area contributed by atoms with Gasteiger partial charge in [-0.3, -0.25) is 4.79 Å². The summed E-state index contributed by atoms with van der Waals surface area (Å²) in [5, 5.41) is 0. The normalized spacial score (nSPS) is 10.3. The van der Waals surface area contributed by atoms with Crippen molar-refractivity contribution in [2.24, 2.45) is 0 Å². The molecule has 2 aromatic rings. The van der Waals surface area contributed by atoms with E-state index in [9.17, 15) is 4.79 Å². The lowest BCUT2D eigenvalue weighted by Crippen LogP contribution is -2.00. The molecule has 0 aliphatic carbocycles. The molecule has 0 heterocycles. The van der Waals surface area contributed by atoms with Gasteiger partial charge in [0.15, 0.2) is 17.8 Å². The molecule has 0 saturated carbocycles. The lowest BCUT2D eigenvalue weighted by molar-refractivity contribution is 0.112. The Kier molecular flexibility index (Phi) is 5.90. The van der Waals surface area contributed by atoms with Gasteiger partial charge < -0.3 is 9.47 Å². The third-order valence-corrected chi connectivity index (χ3v) is 4.13. The number of carbonyl (C=O) groups is 1. The van der Waals surface area contributed by atoms with Crippen LogP contribution in [0.4, 0.5) is 0 Å². The maximum Gasteiger partial charge on any atom is 0.162 e. The Labute approximate surface area is 135 Å². The van der Waals surface area contributed by atoms with E-state index in [1.165, 1.54) is 5.56 Å². The van der Waals surface area contributed by atoms with Crippen LogP contribution in [0.3, 0.4) is 0 Å². The van der Waals surface area contributed by atoms with Crippen molar-refractivity contribution in [3.05, 3.63) is 47.5 Å². The molecule has 0 unspecified atom stereocenters. The van der Waals surface area contributed by atoms with Gasteiger partial charge in [0.25, 0.3) is 0 Å². The van der Waals surface area contributed by atoms with Gasteiger partial charge in [-0.25, -0.2) is 0 Å². The molecular formula is C18H20O3S. The van der Waals surface area contributed by atoms with Crippen LogP contribution in [0.1, 0.15) is 29.8 Å². The molecule has 2 rings (SSSR count). The molecule has 3 nitrogen and oxygen atoms in total. The van der Waals surface area contributed by atoms with Gasteiger partial charge in [0.1, 0.15) is 0 Å². The number of hydrogen-bond donors (Lipinski definition) is 0. The van der Waals surface area contributed by atoms with Gasteiger partial charge in [-0.15, -0.1) is 0 Å². The Morgan fingerprint density at radius 2 is 1.59 bits per heavy atom. The second kappa shape index (κ2) is 7.90. The molecule has 0 aliphatic rings. The maximum absolute atomic E-state index is 11.4. The molecule has 116 valence electrons. The average Bonchev–Trinajstić information content (AvgIpc) is 2.52. The van der Waals surface area contributed by atoms with E-state index in [4.69, 9.17) is 9.47 Å². The first kappa shape index (κ1) is 16.4. The Hall–Kier alpha value is -1.94. The molecule has 0 bridgehead atoms. The van der Waals surface area contributed by atoms with E-state index in [-0.39, 0.29) is 0 Å². The highest BCUT2D eigenvalue weighted by Crippen LogP contribution is 2.38.